The Bertz CT molecular complexity index is 725. The molecular weight excluding hydrogens is 322 g/mol. The Balaban J connectivity index is 1.86. The van der Waals surface area contributed by atoms with E-state index >= 15 is 0 Å². The van der Waals surface area contributed by atoms with E-state index in [2.05, 4.69) is 5.32 Å². The summed E-state index contributed by atoms with van der Waals surface area (Å²) in [6.45, 7) is 1.15. The van der Waals surface area contributed by atoms with E-state index in [1.54, 1.807) is 6.92 Å². The Morgan fingerprint density at radius 2 is 1.96 bits per heavy atom. The van der Waals surface area contributed by atoms with E-state index in [1.165, 1.54) is 24.3 Å². The molecule has 0 radical (unpaired) electrons. The van der Waals surface area contributed by atoms with Crippen LogP contribution in [0.15, 0.2) is 24.3 Å². The lowest BCUT2D eigenvalue weighted by Crippen LogP contribution is -2.48. The van der Waals surface area contributed by atoms with Crippen molar-refractivity contribution >= 4 is 28.0 Å². The molecule has 0 saturated carbocycles. The van der Waals surface area contributed by atoms with Crippen LogP contribution in [-0.4, -0.2) is 50.2 Å². The normalized spacial score (nSPS) is 22.3. The number of benzene rings is 1. The van der Waals surface area contributed by atoms with Crippen molar-refractivity contribution in [1.29, 1.82) is 0 Å². The predicted octanol–water partition coefficient (Wildman–Crippen LogP) is 0.349. The summed E-state index contributed by atoms with van der Waals surface area (Å²) in [5.74, 6) is -1.33. The first-order chi connectivity index (χ1) is 10.7. The second-order valence-corrected chi connectivity index (χ2v) is 7.95. The number of sulfone groups is 1. The fourth-order valence-electron chi connectivity index (χ4n) is 2.39. The molecule has 23 heavy (non-hydrogen) atoms. The molecule has 1 fully saturated rings. The van der Waals surface area contributed by atoms with Crippen LogP contribution >= 0.6 is 0 Å². The van der Waals surface area contributed by atoms with Gasteiger partial charge < -0.3 is 10.1 Å². The molecule has 1 aromatic rings. The van der Waals surface area contributed by atoms with E-state index in [-0.39, 0.29) is 17.1 Å². The van der Waals surface area contributed by atoms with Gasteiger partial charge in [0.25, 0.3) is 5.91 Å². The van der Waals surface area contributed by atoms with Gasteiger partial charge in [-0.2, -0.15) is 0 Å². The molecule has 0 bridgehead atoms. The van der Waals surface area contributed by atoms with Crippen molar-refractivity contribution < 1.29 is 27.5 Å². The van der Waals surface area contributed by atoms with Crippen molar-refractivity contribution in [3.8, 4) is 0 Å². The minimum atomic E-state index is -3.13. The maximum absolute atomic E-state index is 11.8. The van der Waals surface area contributed by atoms with Gasteiger partial charge in [0.05, 0.1) is 22.6 Å². The molecule has 0 aliphatic carbocycles. The number of hydrogen-bond acceptors (Lipinski definition) is 6. The molecule has 0 aromatic heterocycles. The molecule has 1 atom stereocenters. The number of carbonyl (C=O) groups excluding carboxylic acids is 3. The van der Waals surface area contributed by atoms with E-state index in [0.717, 1.165) is 0 Å². The number of aldehydes is 1. The summed E-state index contributed by atoms with van der Waals surface area (Å²) < 4.78 is 27.8. The zero-order valence-electron chi connectivity index (χ0n) is 12.6. The van der Waals surface area contributed by atoms with Gasteiger partial charge in [0.2, 0.25) is 0 Å². The molecule has 8 heteroatoms. The maximum atomic E-state index is 11.8. The van der Waals surface area contributed by atoms with Gasteiger partial charge >= 0.3 is 5.97 Å². The second-order valence-electron chi connectivity index (χ2n) is 5.77. The summed E-state index contributed by atoms with van der Waals surface area (Å²) in [6.07, 6.45) is 0.987. The molecule has 1 aromatic carbocycles. The summed E-state index contributed by atoms with van der Waals surface area (Å²) in [6, 6.07) is 5.78. The third-order valence-electron chi connectivity index (χ3n) is 3.56. The molecule has 0 unspecified atom stereocenters. The van der Waals surface area contributed by atoms with E-state index < -0.39 is 33.9 Å². The monoisotopic (exact) mass is 339 g/mol. The number of amides is 1. The zero-order valence-corrected chi connectivity index (χ0v) is 13.4. The van der Waals surface area contributed by atoms with Crippen LogP contribution in [-0.2, 0) is 19.4 Å². The zero-order chi connectivity index (χ0) is 17.1. The highest BCUT2D eigenvalue weighted by atomic mass is 32.2. The van der Waals surface area contributed by atoms with Crippen molar-refractivity contribution in [3.63, 3.8) is 0 Å². The van der Waals surface area contributed by atoms with Gasteiger partial charge in [0.15, 0.2) is 16.4 Å². The fraction of sp³-hybridized carbons (Fsp3) is 0.400. The molecule has 1 heterocycles. The Morgan fingerprint density at radius 1 is 1.30 bits per heavy atom. The molecule has 1 amide bonds. The van der Waals surface area contributed by atoms with E-state index in [4.69, 9.17) is 4.74 Å². The van der Waals surface area contributed by atoms with Crippen molar-refractivity contribution in [1.82, 2.24) is 5.32 Å². The lowest BCUT2D eigenvalue weighted by atomic mass is 10.0. The van der Waals surface area contributed by atoms with Gasteiger partial charge in [-0.3, -0.25) is 9.59 Å². The average Bonchev–Trinajstić information content (AvgIpc) is 2.78. The first kappa shape index (κ1) is 17.1. The minimum Gasteiger partial charge on any atom is -0.452 e. The number of hydrogen-bond donors (Lipinski definition) is 1. The summed E-state index contributed by atoms with van der Waals surface area (Å²) in [5.41, 5.74) is -0.179. The number of nitrogens with one attached hydrogen (secondary N) is 1. The van der Waals surface area contributed by atoms with Crippen molar-refractivity contribution in [2.75, 3.05) is 18.1 Å². The predicted molar refractivity (Wildman–Crippen MR) is 81.9 cm³/mol. The van der Waals surface area contributed by atoms with Crippen molar-refractivity contribution in [2.45, 2.75) is 18.9 Å². The van der Waals surface area contributed by atoms with E-state index in [0.29, 0.717) is 18.3 Å². The van der Waals surface area contributed by atoms with Crippen LogP contribution in [0.25, 0.3) is 0 Å². The second kappa shape index (κ2) is 6.49. The number of carbonyl (C=O) groups is 3. The smallest absolute Gasteiger partial charge is 0.338 e. The van der Waals surface area contributed by atoms with Crippen LogP contribution in [0.5, 0.6) is 0 Å². The van der Waals surface area contributed by atoms with Crippen LogP contribution in [0.3, 0.4) is 0 Å². The van der Waals surface area contributed by atoms with E-state index in [9.17, 15) is 22.8 Å². The quantitative estimate of drug-likeness (QED) is 0.613. The van der Waals surface area contributed by atoms with Crippen LogP contribution in [0.1, 0.15) is 34.1 Å². The lowest BCUT2D eigenvalue weighted by Gasteiger charge is -2.23. The molecule has 2 rings (SSSR count). The molecule has 1 saturated heterocycles. The fourth-order valence-corrected chi connectivity index (χ4v) is 4.49. The Labute approximate surface area is 133 Å². The molecule has 1 aliphatic rings. The number of esters is 1. The average molecular weight is 339 g/mol. The van der Waals surface area contributed by atoms with Gasteiger partial charge in [-0.1, -0.05) is 12.1 Å². The first-order valence-corrected chi connectivity index (χ1v) is 8.79. The van der Waals surface area contributed by atoms with Crippen LogP contribution in [0.2, 0.25) is 0 Å². The van der Waals surface area contributed by atoms with Gasteiger partial charge in [-0.15, -0.1) is 0 Å². The van der Waals surface area contributed by atoms with Crippen molar-refractivity contribution in [2.24, 2.45) is 0 Å². The Hall–Kier alpha value is -2.22. The molecule has 0 spiro atoms. The number of rotatable bonds is 5. The number of ether oxygens (including phenoxy) is 1. The van der Waals surface area contributed by atoms with Crippen LogP contribution < -0.4 is 5.32 Å². The van der Waals surface area contributed by atoms with Crippen molar-refractivity contribution in [3.05, 3.63) is 35.4 Å². The molecule has 124 valence electrons. The summed E-state index contributed by atoms with van der Waals surface area (Å²) >= 11 is 0. The Kier molecular flexibility index (Phi) is 4.84. The lowest BCUT2D eigenvalue weighted by molar-refractivity contribution is -0.125. The molecule has 7 nitrogen and oxygen atoms in total. The third kappa shape index (κ3) is 4.62. The summed E-state index contributed by atoms with van der Waals surface area (Å²) in [4.78, 5) is 34.1. The molecular formula is C15H17NO6S. The minimum absolute atomic E-state index is 0.0344. The third-order valence-corrected chi connectivity index (χ3v) is 5.46. The van der Waals surface area contributed by atoms with Gasteiger partial charge in [0.1, 0.15) is 6.29 Å². The standard InChI is InChI=1S/C15H17NO6S/c1-15(6-7-23(20,21)10-15)16-13(18)9-22-14(19)12-4-2-11(8-17)3-5-12/h2-5,8H,6-7,9-10H2,1H3,(H,16,18)/t15-/m0/s1. The Morgan fingerprint density at radius 3 is 2.48 bits per heavy atom. The van der Waals surface area contributed by atoms with Crippen LogP contribution in [0, 0.1) is 0 Å². The van der Waals surface area contributed by atoms with Crippen LogP contribution in [0.4, 0.5) is 0 Å². The highest BCUT2D eigenvalue weighted by molar-refractivity contribution is 7.91. The van der Waals surface area contributed by atoms with E-state index in [1.807, 2.05) is 0 Å². The highest BCUT2D eigenvalue weighted by Gasteiger charge is 2.39. The van der Waals surface area contributed by atoms with Gasteiger partial charge in [0, 0.05) is 5.56 Å². The highest BCUT2D eigenvalue weighted by Crippen LogP contribution is 2.22. The van der Waals surface area contributed by atoms with Gasteiger partial charge in [-0.25, -0.2) is 13.2 Å². The van der Waals surface area contributed by atoms with Gasteiger partial charge in [-0.05, 0) is 25.5 Å². The summed E-state index contributed by atoms with van der Waals surface area (Å²) in [7, 11) is -3.13. The largest absolute Gasteiger partial charge is 0.452 e. The SMILES string of the molecule is C[C@]1(NC(=O)COC(=O)c2ccc(C=O)cc2)CCS(=O)(=O)C1. The maximum Gasteiger partial charge on any atom is 0.338 e. The first-order valence-electron chi connectivity index (χ1n) is 6.97. The topological polar surface area (TPSA) is 107 Å². The summed E-state index contributed by atoms with van der Waals surface area (Å²) in [5, 5.41) is 2.59. The molecule has 1 aliphatic heterocycles. The molecule has 1 N–H and O–H groups in total.